The van der Waals surface area contributed by atoms with Crippen LogP contribution in [0.25, 0.3) is 0 Å². The first kappa shape index (κ1) is 14.5. The van der Waals surface area contributed by atoms with Crippen molar-refractivity contribution in [2.24, 2.45) is 11.1 Å². The molecule has 2 rings (SSSR count). The first-order valence-corrected chi connectivity index (χ1v) is 7.20. The van der Waals surface area contributed by atoms with Crippen molar-refractivity contribution < 1.29 is 9.50 Å². The van der Waals surface area contributed by atoms with Gasteiger partial charge in [0.05, 0.1) is 6.10 Å². The molecule has 1 aromatic carbocycles. The topological polar surface area (TPSA) is 46.2 Å². The third kappa shape index (κ3) is 3.15. The van der Waals surface area contributed by atoms with Crippen LogP contribution in [-0.4, -0.2) is 17.8 Å². The summed E-state index contributed by atoms with van der Waals surface area (Å²) in [6.45, 7) is 2.49. The lowest BCUT2D eigenvalue weighted by atomic mass is 9.67. The van der Waals surface area contributed by atoms with Crippen molar-refractivity contribution in [3.05, 3.63) is 35.6 Å². The van der Waals surface area contributed by atoms with Crippen LogP contribution in [0, 0.1) is 11.2 Å². The van der Waals surface area contributed by atoms with Gasteiger partial charge in [-0.2, -0.15) is 0 Å². The molecule has 0 amide bonds. The van der Waals surface area contributed by atoms with E-state index in [9.17, 15) is 9.50 Å². The second-order valence-corrected chi connectivity index (χ2v) is 6.06. The Balaban J connectivity index is 2.21. The van der Waals surface area contributed by atoms with Crippen LogP contribution in [0.5, 0.6) is 0 Å². The van der Waals surface area contributed by atoms with Crippen LogP contribution in [0.3, 0.4) is 0 Å². The number of hydrogen-bond donors (Lipinski definition) is 2. The van der Waals surface area contributed by atoms with Gasteiger partial charge in [-0.15, -0.1) is 0 Å². The van der Waals surface area contributed by atoms with Crippen LogP contribution >= 0.6 is 0 Å². The molecule has 0 radical (unpaired) electrons. The molecule has 0 spiro atoms. The highest BCUT2D eigenvalue weighted by molar-refractivity contribution is 5.23. The van der Waals surface area contributed by atoms with Crippen molar-refractivity contribution in [2.45, 2.75) is 51.0 Å². The molecule has 2 atom stereocenters. The third-order valence-electron chi connectivity index (χ3n) is 4.62. The molecule has 1 aliphatic carbocycles. The van der Waals surface area contributed by atoms with Gasteiger partial charge in [-0.1, -0.05) is 38.3 Å². The lowest BCUT2D eigenvalue weighted by Crippen LogP contribution is -2.41. The Kier molecular flexibility index (Phi) is 4.58. The molecule has 1 aromatic rings. The highest BCUT2D eigenvalue weighted by Crippen LogP contribution is 2.43. The van der Waals surface area contributed by atoms with Crippen LogP contribution in [0.2, 0.25) is 0 Å². The van der Waals surface area contributed by atoms with E-state index in [1.54, 1.807) is 6.07 Å². The largest absolute Gasteiger partial charge is 0.392 e. The van der Waals surface area contributed by atoms with Crippen LogP contribution in [0.4, 0.5) is 4.39 Å². The lowest BCUT2D eigenvalue weighted by molar-refractivity contribution is -0.00754. The molecule has 0 heterocycles. The second-order valence-electron chi connectivity index (χ2n) is 6.06. The molecular formula is C16H24FNO. The zero-order valence-corrected chi connectivity index (χ0v) is 11.6. The average Bonchev–Trinajstić information content (AvgIpc) is 2.40. The highest BCUT2D eigenvalue weighted by atomic mass is 19.1. The second kappa shape index (κ2) is 6.02. The van der Waals surface area contributed by atoms with Gasteiger partial charge < -0.3 is 10.8 Å². The van der Waals surface area contributed by atoms with E-state index in [4.69, 9.17) is 5.73 Å². The van der Waals surface area contributed by atoms with E-state index in [2.05, 4.69) is 6.92 Å². The first-order valence-electron chi connectivity index (χ1n) is 7.20. The lowest BCUT2D eigenvalue weighted by Gasteiger charge is -2.41. The Morgan fingerprint density at radius 2 is 2.00 bits per heavy atom. The molecule has 1 aliphatic rings. The zero-order chi connectivity index (χ0) is 13.9. The summed E-state index contributed by atoms with van der Waals surface area (Å²) < 4.78 is 13.3. The maximum Gasteiger partial charge on any atom is 0.123 e. The molecule has 0 aromatic heterocycles. The van der Waals surface area contributed by atoms with Crippen LogP contribution in [-0.2, 0) is 0 Å². The van der Waals surface area contributed by atoms with Crippen LogP contribution in [0.1, 0.15) is 50.5 Å². The monoisotopic (exact) mass is 265 g/mol. The molecule has 1 fully saturated rings. The number of halogens is 1. The standard InChI is InChI=1S/C16H24FNO/c1-16(8-3-2-4-9-16)15(19)14(11-18)12-6-5-7-13(17)10-12/h5-7,10,14-15,19H,2-4,8-9,11,18H2,1H3. The smallest absolute Gasteiger partial charge is 0.123 e. The maximum absolute atomic E-state index is 13.3. The SMILES string of the molecule is CC1(C(O)C(CN)c2cccc(F)c2)CCCCC1. The number of rotatable bonds is 4. The molecule has 3 N–H and O–H groups in total. The molecule has 106 valence electrons. The predicted octanol–water partition coefficient (Wildman–Crippen LogP) is 3.20. The Labute approximate surface area is 114 Å². The van der Waals surface area contributed by atoms with Gasteiger partial charge in [0.15, 0.2) is 0 Å². The predicted molar refractivity (Wildman–Crippen MR) is 75.4 cm³/mol. The van der Waals surface area contributed by atoms with E-state index < -0.39 is 6.10 Å². The quantitative estimate of drug-likeness (QED) is 0.878. The summed E-state index contributed by atoms with van der Waals surface area (Å²) in [5.41, 5.74) is 6.56. The van der Waals surface area contributed by atoms with E-state index in [1.165, 1.54) is 18.6 Å². The average molecular weight is 265 g/mol. The minimum Gasteiger partial charge on any atom is -0.392 e. The summed E-state index contributed by atoms with van der Waals surface area (Å²) in [6, 6.07) is 6.46. The van der Waals surface area contributed by atoms with Crippen molar-refractivity contribution >= 4 is 0 Å². The van der Waals surface area contributed by atoms with E-state index in [0.717, 1.165) is 31.2 Å². The fraction of sp³-hybridized carbons (Fsp3) is 0.625. The fourth-order valence-electron chi connectivity index (χ4n) is 3.33. The summed E-state index contributed by atoms with van der Waals surface area (Å²) in [7, 11) is 0. The van der Waals surface area contributed by atoms with Gasteiger partial charge >= 0.3 is 0 Å². The fourth-order valence-corrected chi connectivity index (χ4v) is 3.33. The number of hydrogen-bond acceptors (Lipinski definition) is 2. The molecule has 0 saturated heterocycles. The van der Waals surface area contributed by atoms with Crippen molar-refractivity contribution in [1.29, 1.82) is 0 Å². The van der Waals surface area contributed by atoms with Gasteiger partial charge in [0.2, 0.25) is 0 Å². The molecule has 0 aliphatic heterocycles. The Bertz CT molecular complexity index is 415. The van der Waals surface area contributed by atoms with Gasteiger partial charge in [-0.05, 0) is 36.0 Å². The number of aliphatic hydroxyl groups is 1. The summed E-state index contributed by atoms with van der Waals surface area (Å²) in [5, 5.41) is 10.7. The molecule has 3 heteroatoms. The Morgan fingerprint density at radius 3 is 2.58 bits per heavy atom. The highest BCUT2D eigenvalue weighted by Gasteiger charge is 2.38. The van der Waals surface area contributed by atoms with Gasteiger partial charge in [-0.25, -0.2) is 4.39 Å². The summed E-state index contributed by atoms with van der Waals surface area (Å²) >= 11 is 0. The summed E-state index contributed by atoms with van der Waals surface area (Å²) in [5.74, 6) is -0.448. The molecule has 0 bridgehead atoms. The number of benzene rings is 1. The molecule has 1 saturated carbocycles. The minimum absolute atomic E-state index is 0.0887. The van der Waals surface area contributed by atoms with Gasteiger partial charge in [0, 0.05) is 12.5 Å². The van der Waals surface area contributed by atoms with Crippen molar-refractivity contribution in [3.63, 3.8) is 0 Å². The van der Waals surface area contributed by atoms with Gasteiger partial charge in [0.25, 0.3) is 0 Å². The molecule has 19 heavy (non-hydrogen) atoms. The normalized spacial score (nSPS) is 21.9. The van der Waals surface area contributed by atoms with Crippen molar-refractivity contribution in [1.82, 2.24) is 0 Å². The first-order chi connectivity index (χ1) is 9.07. The van der Waals surface area contributed by atoms with Crippen LogP contribution < -0.4 is 5.73 Å². The molecule has 2 nitrogen and oxygen atoms in total. The minimum atomic E-state index is -0.500. The van der Waals surface area contributed by atoms with Crippen molar-refractivity contribution in [2.75, 3.05) is 6.54 Å². The Hall–Kier alpha value is -0.930. The van der Waals surface area contributed by atoms with E-state index in [1.807, 2.05) is 6.07 Å². The van der Waals surface area contributed by atoms with Gasteiger partial charge in [-0.3, -0.25) is 0 Å². The van der Waals surface area contributed by atoms with Gasteiger partial charge in [0.1, 0.15) is 5.82 Å². The zero-order valence-electron chi connectivity index (χ0n) is 11.6. The third-order valence-corrected chi connectivity index (χ3v) is 4.62. The van der Waals surface area contributed by atoms with E-state index in [-0.39, 0.29) is 17.2 Å². The summed E-state index contributed by atoms with van der Waals surface area (Å²) in [6.07, 6.45) is 5.12. The van der Waals surface area contributed by atoms with Crippen LogP contribution in [0.15, 0.2) is 24.3 Å². The molecular weight excluding hydrogens is 241 g/mol. The summed E-state index contributed by atoms with van der Waals surface area (Å²) in [4.78, 5) is 0. The Morgan fingerprint density at radius 1 is 1.32 bits per heavy atom. The number of nitrogens with two attached hydrogens (primary N) is 1. The molecule has 2 unspecified atom stereocenters. The van der Waals surface area contributed by atoms with E-state index in [0.29, 0.717) is 6.54 Å². The van der Waals surface area contributed by atoms with Crippen molar-refractivity contribution in [3.8, 4) is 0 Å². The number of aliphatic hydroxyl groups excluding tert-OH is 1. The maximum atomic E-state index is 13.3. The van der Waals surface area contributed by atoms with E-state index >= 15 is 0 Å².